The Kier molecular flexibility index (Phi) is 4.48. The van der Waals surface area contributed by atoms with Crippen LogP contribution in [0.15, 0.2) is 6.20 Å². The van der Waals surface area contributed by atoms with Gasteiger partial charge in [-0.05, 0) is 6.92 Å². The number of alkyl halides is 2. The molecule has 0 amide bonds. The lowest BCUT2D eigenvalue weighted by Crippen LogP contribution is -2.14. The summed E-state index contributed by atoms with van der Waals surface area (Å²) in [6, 6.07) is 0. The van der Waals surface area contributed by atoms with Gasteiger partial charge in [0, 0.05) is 19.9 Å². The van der Waals surface area contributed by atoms with Gasteiger partial charge >= 0.3 is 0 Å². The first-order valence-corrected chi connectivity index (χ1v) is 4.68. The van der Waals surface area contributed by atoms with Gasteiger partial charge in [0.25, 0.3) is 6.43 Å². The van der Waals surface area contributed by atoms with Crippen LogP contribution < -0.4 is 5.32 Å². The number of nitrogens with zero attached hydrogens (tertiary/aromatic N) is 2. The van der Waals surface area contributed by atoms with Crippen LogP contribution >= 0.6 is 0 Å². The summed E-state index contributed by atoms with van der Waals surface area (Å²) in [5.74, 6) is 0.463. The molecule has 0 bridgehead atoms. The molecule has 15 heavy (non-hydrogen) atoms. The second-order valence-electron chi connectivity index (χ2n) is 3.17. The lowest BCUT2D eigenvalue weighted by Gasteiger charge is -2.08. The van der Waals surface area contributed by atoms with Crippen molar-refractivity contribution in [1.82, 2.24) is 9.55 Å². The molecule has 0 saturated heterocycles. The molecule has 6 heteroatoms. The Morgan fingerprint density at radius 2 is 2.33 bits per heavy atom. The van der Waals surface area contributed by atoms with Crippen molar-refractivity contribution in [1.29, 1.82) is 0 Å². The number of imidazole rings is 1. The van der Waals surface area contributed by atoms with Gasteiger partial charge in [0.2, 0.25) is 5.95 Å². The zero-order valence-electron chi connectivity index (χ0n) is 8.83. The molecule has 0 radical (unpaired) electrons. The predicted octanol–water partition coefficient (Wildman–Crippen LogP) is 1.51. The quantitative estimate of drug-likeness (QED) is 0.737. The van der Waals surface area contributed by atoms with Gasteiger partial charge in [-0.1, -0.05) is 0 Å². The first-order valence-electron chi connectivity index (χ1n) is 4.68. The van der Waals surface area contributed by atoms with Crippen LogP contribution in [0.3, 0.4) is 0 Å². The molecule has 0 spiro atoms. The Labute approximate surface area is 87.3 Å². The van der Waals surface area contributed by atoms with E-state index >= 15 is 0 Å². The highest BCUT2D eigenvalue weighted by molar-refractivity contribution is 5.28. The molecule has 0 aromatic carbocycles. The average Bonchev–Trinajstić information content (AvgIpc) is 2.46. The van der Waals surface area contributed by atoms with Crippen molar-refractivity contribution in [3.05, 3.63) is 11.9 Å². The van der Waals surface area contributed by atoms with Gasteiger partial charge in [0.05, 0.1) is 18.8 Å². The van der Waals surface area contributed by atoms with Crippen LogP contribution in [0.2, 0.25) is 0 Å². The summed E-state index contributed by atoms with van der Waals surface area (Å²) in [5, 5.41) is 2.93. The van der Waals surface area contributed by atoms with Crippen molar-refractivity contribution < 1.29 is 13.5 Å². The van der Waals surface area contributed by atoms with Gasteiger partial charge < -0.3 is 14.6 Å². The summed E-state index contributed by atoms with van der Waals surface area (Å²) in [6.45, 7) is 2.50. The minimum absolute atomic E-state index is 0.337. The van der Waals surface area contributed by atoms with Crippen LogP contribution in [0, 0.1) is 6.92 Å². The molecule has 0 saturated carbocycles. The fourth-order valence-corrected chi connectivity index (χ4v) is 1.24. The van der Waals surface area contributed by atoms with Gasteiger partial charge in [-0.15, -0.1) is 0 Å². The van der Waals surface area contributed by atoms with Crippen LogP contribution in [0.25, 0.3) is 0 Å². The van der Waals surface area contributed by atoms with E-state index in [1.54, 1.807) is 20.2 Å². The SMILES string of the molecule is COCCNc1nc(C)cn1CC(F)F. The second kappa shape index (κ2) is 5.65. The van der Waals surface area contributed by atoms with E-state index in [9.17, 15) is 8.78 Å². The summed E-state index contributed by atoms with van der Waals surface area (Å²) < 4.78 is 30.7. The highest BCUT2D eigenvalue weighted by Crippen LogP contribution is 2.10. The van der Waals surface area contributed by atoms with Crippen LogP contribution in [0.5, 0.6) is 0 Å². The summed E-state index contributed by atoms with van der Waals surface area (Å²) in [7, 11) is 1.58. The molecule has 0 aliphatic heterocycles. The van der Waals surface area contributed by atoms with Crippen LogP contribution in [0.1, 0.15) is 5.69 Å². The van der Waals surface area contributed by atoms with Gasteiger partial charge in [0.15, 0.2) is 0 Å². The molecule has 4 nitrogen and oxygen atoms in total. The van der Waals surface area contributed by atoms with E-state index in [4.69, 9.17) is 4.74 Å². The van der Waals surface area contributed by atoms with E-state index in [1.807, 2.05) is 0 Å². The molecular weight excluding hydrogens is 204 g/mol. The molecule has 0 aliphatic carbocycles. The Hall–Kier alpha value is -1.17. The third-order valence-electron chi connectivity index (χ3n) is 1.82. The molecule has 86 valence electrons. The molecule has 1 rings (SSSR count). The van der Waals surface area contributed by atoms with Crippen LogP contribution in [-0.4, -0.2) is 36.2 Å². The zero-order valence-corrected chi connectivity index (χ0v) is 8.83. The first-order chi connectivity index (χ1) is 7.13. The summed E-state index contributed by atoms with van der Waals surface area (Å²) >= 11 is 0. The van der Waals surface area contributed by atoms with Crippen molar-refractivity contribution in [2.45, 2.75) is 19.9 Å². The number of hydrogen-bond acceptors (Lipinski definition) is 3. The topological polar surface area (TPSA) is 39.1 Å². The number of anilines is 1. The lowest BCUT2D eigenvalue weighted by atomic mass is 10.5. The maximum absolute atomic E-state index is 12.2. The lowest BCUT2D eigenvalue weighted by molar-refractivity contribution is 0.127. The minimum Gasteiger partial charge on any atom is -0.383 e. The van der Waals surface area contributed by atoms with Gasteiger partial charge in [-0.25, -0.2) is 13.8 Å². The van der Waals surface area contributed by atoms with Crippen LogP contribution in [0.4, 0.5) is 14.7 Å². The van der Waals surface area contributed by atoms with Crippen molar-refractivity contribution in [3.63, 3.8) is 0 Å². The van der Waals surface area contributed by atoms with E-state index in [0.29, 0.717) is 19.1 Å². The van der Waals surface area contributed by atoms with E-state index in [2.05, 4.69) is 10.3 Å². The summed E-state index contributed by atoms with van der Waals surface area (Å²) in [6.07, 6.45) is -0.775. The molecule has 0 fully saturated rings. The Morgan fingerprint density at radius 3 is 2.93 bits per heavy atom. The smallest absolute Gasteiger partial charge is 0.256 e. The Morgan fingerprint density at radius 1 is 1.60 bits per heavy atom. The van der Waals surface area contributed by atoms with Crippen molar-refractivity contribution in [2.75, 3.05) is 25.6 Å². The monoisotopic (exact) mass is 219 g/mol. The van der Waals surface area contributed by atoms with Crippen molar-refractivity contribution in [3.8, 4) is 0 Å². The van der Waals surface area contributed by atoms with E-state index in [-0.39, 0.29) is 6.54 Å². The summed E-state index contributed by atoms with van der Waals surface area (Å²) in [4.78, 5) is 4.10. The van der Waals surface area contributed by atoms with Crippen LogP contribution in [-0.2, 0) is 11.3 Å². The molecule has 0 atom stereocenters. The molecule has 1 N–H and O–H groups in total. The number of methoxy groups -OCH3 is 1. The number of rotatable bonds is 6. The Balaban J connectivity index is 2.59. The number of aryl methyl sites for hydroxylation is 1. The van der Waals surface area contributed by atoms with Gasteiger partial charge in [0.1, 0.15) is 0 Å². The number of aromatic nitrogens is 2. The molecule has 1 aromatic heterocycles. The fraction of sp³-hybridized carbons (Fsp3) is 0.667. The number of hydrogen-bond donors (Lipinski definition) is 1. The number of halogens is 2. The standard InChI is InChI=1S/C9H15F2N3O/c1-7-5-14(6-8(10)11)9(13-7)12-3-4-15-2/h5,8H,3-4,6H2,1-2H3,(H,12,13). The normalized spacial score (nSPS) is 11.0. The molecule has 0 unspecified atom stereocenters. The third kappa shape index (κ3) is 3.83. The van der Waals surface area contributed by atoms with Crippen molar-refractivity contribution in [2.24, 2.45) is 0 Å². The molecule has 1 heterocycles. The van der Waals surface area contributed by atoms with Crippen molar-refractivity contribution >= 4 is 5.95 Å². The zero-order chi connectivity index (χ0) is 11.3. The van der Waals surface area contributed by atoms with E-state index in [0.717, 1.165) is 5.69 Å². The summed E-state index contributed by atoms with van der Waals surface area (Å²) in [5.41, 5.74) is 0.718. The fourth-order valence-electron chi connectivity index (χ4n) is 1.24. The van der Waals surface area contributed by atoms with E-state index < -0.39 is 6.43 Å². The highest BCUT2D eigenvalue weighted by Gasteiger charge is 2.09. The predicted molar refractivity (Wildman–Crippen MR) is 53.3 cm³/mol. The molecular formula is C9H15F2N3O. The first kappa shape index (κ1) is 11.9. The third-order valence-corrected chi connectivity index (χ3v) is 1.82. The molecule has 1 aromatic rings. The maximum Gasteiger partial charge on any atom is 0.256 e. The number of ether oxygens (including phenoxy) is 1. The minimum atomic E-state index is -2.37. The second-order valence-corrected chi connectivity index (χ2v) is 3.17. The van der Waals surface area contributed by atoms with Gasteiger partial charge in [-0.3, -0.25) is 0 Å². The highest BCUT2D eigenvalue weighted by atomic mass is 19.3. The number of nitrogens with one attached hydrogen (secondary N) is 1. The molecule has 0 aliphatic rings. The largest absolute Gasteiger partial charge is 0.383 e. The van der Waals surface area contributed by atoms with Gasteiger partial charge in [-0.2, -0.15) is 0 Å². The van der Waals surface area contributed by atoms with E-state index in [1.165, 1.54) is 4.57 Å². The maximum atomic E-state index is 12.2. The average molecular weight is 219 g/mol. The Bertz CT molecular complexity index is 302.